The molecule has 0 unspecified atom stereocenters. The lowest BCUT2D eigenvalue weighted by Gasteiger charge is -2.17. The van der Waals surface area contributed by atoms with Crippen molar-refractivity contribution < 1.29 is 9.53 Å². The second-order valence-electron chi connectivity index (χ2n) is 4.86. The maximum Gasteiger partial charge on any atom is 0.250 e. The molecule has 0 saturated heterocycles. The van der Waals surface area contributed by atoms with Gasteiger partial charge in [0.1, 0.15) is 5.75 Å². The average molecular weight is 396 g/mol. The minimum absolute atomic E-state index is 0.346. The highest BCUT2D eigenvalue weighted by atomic mass is 127. The predicted octanol–water partition coefficient (Wildman–Crippen LogP) is 3.26. The van der Waals surface area contributed by atoms with Crippen LogP contribution in [0.1, 0.15) is 21.5 Å². The van der Waals surface area contributed by atoms with Crippen LogP contribution in [0.4, 0.5) is 5.69 Å². The van der Waals surface area contributed by atoms with Gasteiger partial charge in [-0.1, -0.05) is 6.07 Å². The fraction of sp³-hybridized carbons (Fsp3) is 0.188. The molecule has 0 aliphatic carbocycles. The fourth-order valence-electron chi connectivity index (χ4n) is 2.49. The molecule has 0 bridgehead atoms. The molecule has 0 heterocycles. The van der Waals surface area contributed by atoms with E-state index in [0.29, 0.717) is 11.3 Å². The third-order valence-corrected chi connectivity index (χ3v) is 4.15. The van der Waals surface area contributed by atoms with Crippen LogP contribution in [0.15, 0.2) is 24.3 Å². The van der Waals surface area contributed by atoms with Gasteiger partial charge in [0.2, 0.25) is 0 Å². The fourth-order valence-corrected chi connectivity index (χ4v) is 3.12. The van der Waals surface area contributed by atoms with Crippen LogP contribution in [0.25, 0.3) is 11.1 Å². The topological polar surface area (TPSA) is 78.3 Å². The SMILES string of the molecule is COc1ccc(C)c(-c2cc(I)cc(C(N)=O)c2N)c1C. The zero-order valence-corrected chi connectivity index (χ0v) is 14.3. The number of anilines is 1. The van der Waals surface area contributed by atoms with Crippen LogP contribution in [0.2, 0.25) is 0 Å². The molecule has 0 radical (unpaired) electrons. The van der Waals surface area contributed by atoms with E-state index in [9.17, 15) is 4.79 Å². The Morgan fingerprint density at radius 2 is 1.90 bits per heavy atom. The molecule has 2 aromatic carbocycles. The van der Waals surface area contributed by atoms with Crippen LogP contribution in [0, 0.1) is 17.4 Å². The summed E-state index contributed by atoms with van der Waals surface area (Å²) in [6.45, 7) is 3.98. The number of carbonyl (C=O) groups excluding carboxylic acids is 1. The zero-order valence-electron chi connectivity index (χ0n) is 12.2. The summed E-state index contributed by atoms with van der Waals surface area (Å²) < 4.78 is 6.29. The number of ether oxygens (including phenoxy) is 1. The van der Waals surface area contributed by atoms with Gasteiger partial charge in [0.25, 0.3) is 5.91 Å². The molecule has 4 N–H and O–H groups in total. The normalized spacial score (nSPS) is 10.5. The summed E-state index contributed by atoms with van der Waals surface area (Å²) in [5.74, 6) is 0.264. The van der Waals surface area contributed by atoms with Crippen molar-refractivity contribution in [1.29, 1.82) is 0 Å². The maximum atomic E-state index is 11.6. The van der Waals surface area contributed by atoms with Crippen LogP contribution in [0.3, 0.4) is 0 Å². The number of nitrogen functional groups attached to an aromatic ring is 1. The Bertz CT molecular complexity index is 727. The Morgan fingerprint density at radius 3 is 2.48 bits per heavy atom. The lowest BCUT2D eigenvalue weighted by atomic mass is 9.92. The number of hydrogen-bond donors (Lipinski definition) is 2. The van der Waals surface area contributed by atoms with Crippen LogP contribution in [-0.2, 0) is 0 Å². The van der Waals surface area contributed by atoms with Crippen molar-refractivity contribution >= 4 is 34.2 Å². The largest absolute Gasteiger partial charge is 0.496 e. The molecule has 0 spiro atoms. The summed E-state index contributed by atoms with van der Waals surface area (Å²) in [4.78, 5) is 11.6. The zero-order chi connectivity index (χ0) is 15.7. The minimum atomic E-state index is -0.523. The molecule has 0 aliphatic rings. The molecule has 2 aromatic rings. The van der Waals surface area contributed by atoms with Crippen molar-refractivity contribution in [3.05, 3.63) is 44.5 Å². The van der Waals surface area contributed by atoms with Crippen molar-refractivity contribution in [1.82, 2.24) is 0 Å². The molecule has 5 heteroatoms. The Balaban J connectivity index is 2.82. The Hall–Kier alpha value is -1.76. The quantitative estimate of drug-likeness (QED) is 0.618. The van der Waals surface area contributed by atoms with Gasteiger partial charge in [-0.2, -0.15) is 0 Å². The molecule has 2 rings (SSSR count). The number of aryl methyl sites for hydroxylation is 1. The van der Waals surface area contributed by atoms with Crippen molar-refractivity contribution in [2.45, 2.75) is 13.8 Å². The summed E-state index contributed by atoms with van der Waals surface area (Å²) in [5, 5.41) is 0. The van der Waals surface area contributed by atoms with E-state index < -0.39 is 5.91 Å². The lowest BCUT2D eigenvalue weighted by Crippen LogP contribution is -2.14. The van der Waals surface area contributed by atoms with Crippen molar-refractivity contribution in [2.75, 3.05) is 12.8 Å². The Kier molecular flexibility index (Phi) is 4.41. The number of nitrogens with two attached hydrogens (primary N) is 2. The number of hydrogen-bond acceptors (Lipinski definition) is 3. The number of benzene rings is 2. The minimum Gasteiger partial charge on any atom is -0.496 e. The van der Waals surface area contributed by atoms with Gasteiger partial charge in [-0.25, -0.2) is 0 Å². The summed E-state index contributed by atoms with van der Waals surface area (Å²) >= 11 is 2.15. The van der Waals surface area contributed by atoms with Crippen LogP contribution >= 0.6 is 22.6 Å². The first-order valence-electron chi connectivity index (χ1n) is 6.40. The van der Waals surface area contributed by atoms with Gasteiger partial charge < -0.3 is 16.2 Å². The number of primary amides is 1. The third kappa shape index (κ3) is 2.83. The molecule has 1 amide bonds. The molecule has 110 valence electrons. The standard InChI is InChI=1S/C16H17IN2O2/c1-8-4-5-13(21-3)9(2)14(8)11-6-10(17)7-12(15(11)18)16(19)20/h4-7H,18H2,1-3H3,(H2,19,20). The van der Waals surface area contributed by atoms with E-state index in [4.69, 9.17) is 16.2 Å². The highest BCUT2D eigenvalue weighted by Gasteiger charge is 2.17. The van der Waals surface area contributed by atoms with Crippen molar-refractivity contribution in [3.8, 4) is 16.9 Å². The lowest BCUT2D eigenvalue weighted by molar-refractivity contribution is 0.100. The van der Waals surface area contributed by atoms with Crippen molar-refractivity contribution in [3.63, 3.8) is 0 Å². The van der Waals surface area contributed by atoms with E-state index in [2.05, 4.69) is 22.6 Å². The molecular formula is C16H17IN2O2. The van der Waals surface area contributed by atoms with Gasteiger partial charge in [-0.3, -0.25) is 4.79 Å². The van der Waals surface area contributed by atoms with E-state index in [1.165, 1.54) is 0 Å². The molecule has 0 fully saturated rings. The molecule has 0 saturated carbocycles. The first kappa shape index (κ1) is 15.6. The second kappa shape index (κ2) is 5.93. The summed E-state index contributed by atoms with van der Waals surface area (Å²) in [7, 11) is 1.63. The van der Waals surface area contributed by atoms with Gasteiger partial charge in [0, 0.05) is 9.13 Å². The molecule has 0 aliphatic heterocycles. The van der Waals surface area contributed by atoms with E-state index in [1.807, 2.05) is 32.0 Å². The van der Waals surface area contributed by atoms with E-state index >= 15 is 0 Å². The Morgan fingerprint density at radius 1 is 1.24 bits per heavy atom. The highest BCUT2D eigenvalue weighted by Crippen LogP contribution is 2.38. The molecule has 21 heavy (non-hydrogen) atoms. The van der Waals surface area contributed by atoms with Crippen molar-refractivity contribution in [2.24, 2.45) is 5.73 Å². The number of methoxy groups -OCH3 is 1. The summed E-state index contributed by atoms with van der Waals surface area (Å²) in [6.07, 6.45) is 0. The molecule has 4 nitrogen and oxygen atoms in total. The number of rotatable bonds is 3. The van der Waals surface area contributed by atoms with E-state index in [1.54, 1.807) is 13.2 Å². The number of halogens is 1. The highest BCUT2D eigenvalue weighted by molar-refractivity contribution is 14.1. The molecular weight excluding hydrogens is 379 g/mol. The van der Waals surface area contributed by atoms with Crippen LogP contribution in [-0.4, -0.2) is 13.0 Å². The average Bonchev–Trinajstić information content (AvgIpc) is 2.42. The smallest absolute Gasteiger partial charge is 0.250 e. The van der Waals surface area contributed by atoms with Crippen LogP contribution in [0.5, 0.6) is 5.75 Å². The Labute approximate surface area is 137 Å². The predicted molar refractivity (Wildman–Crippen MR) is 93.6 cm³/mol. The van der Waals surface area contributed by atoms with E-state index in [0.717, 1.165) is 31.6 Å². The van der Waals surface area contributed by atoms with Gasteiger partial charge in [0.15, 0.2) is 0 Å². The molecule has 0 aromatic heterocycles. The van der Waals surface area contributed by atoms with Gasteiger partial charge in [-0.15, -0.1) is 0 Å². The number of amides is 1. The summed E-state index contributed by atoms with van der Waals surface area (Å²) in [5.41, 5.74) is 16.2. The third-order valence-electron chi connectivity index (χ3n) is 3.52. The maximum absolute atomic E-state index is 11.6. The van der Waals surface area contributed by atoms with Crippen LogP contribution < -0.4 is 16.2 Å². The second-order valence-corrected chi connectivity index (χ2v) is 6.11. The monoisotopic (exact) mass is 396 g/mol. The molecule has 0 atom stereocenters. The first-order chi connectivity index (χ1) is 9.86. The van der Waals surface area contributed by atoms with Gasteiger partial charge in [0.05, 0.1) is 18.4 Å². The number of carbonyl (C=O) groups is 1. The van der Waals surface area contributed by atoms with E-state index in [-0.39, 0.29) is 0 Å². The summed E-state index contributed by atoms with van der Waals surface area (Å²) in [6, 6.07) is 7.56. The van der Waals surface area contributed by atoms with Gasteiger partial charge >= 0.3 is 0 Å². The van der Waals surface area contributed by atoms with Gasteiger partial charge in [-0.05, 0) is 71.3 Å². The first-order valence-corrected chi connectivity index (χ1v) is 7.48.